The lowest BCUT2D eigenvalue weighted by Crippen LogP contribution is -2.00. The molecule has 0 aliphatic heterocycles. The molecule has 0 saturated carbocycles. The Labute approximate surface area is 63.5 Å². The van der Waals surface area contributed by atoms with Gasteiger partial charge in [0.15, 0.2) is 0 Å². The SMILES string of the molecule is C=C(C)C(=O)OC#CC(=O)O. The number of hydrogen-bond acceptors (Lipinski definition) is 3. The predicted octanol–water partition coefficient (Wildman–Crippen LogP) is 0.151. The summed E-state index contributed by atoms with van der Waals surface area (Å²) in [5, 5.41) is 7.98. The van der Waals surface area contributed by atoms with E-state index in [-0.39, 0.29) is 5.57 Å². The molecule has 0 unspecified atom stereocenters. The van der Waals surface area contributed by atoms with Crippen molar-refractivity contribution in [3.8, 4) is 12.0 Å². The van der Waals surface area contributed by atoms with Crippen LogP contribution in [0.5, 0.6) is 0 Å². The van der Waals surface area contributed by atoms with E-state index in [1.807, 2.05) is 0 Å². The number of hydrogen-bond donors (Lipinski definition) is 1. The van der Waals surface area contributed by atoms with Crippen molar-refractivity contribution >= 4 is 11.9 Å². The lowest BCUT2D eigenvalue weighted by Gasteiger charge is -1.90. The highest BCUT2D eigenvalue weighted by Crippen LogP contribution is 1.89. The predicted molar refractivity (Wildman–Crippen MR) is 36.3 cm³/mol. The normalized spacial score (nSPS) is 7.36. The third-order valence-corrected chi connectivity index (χ3v) is 0.650. The van der Waals surface area contributed by atoms with Gasteiger partial charge in [-0.2, -0.15) is 0 Å². The fourth-order valence-electron chi connectivity index (χ4n) is 0.203. The Morgan fingerprint density at radius 1 is 1.55 bits per heavy atom. The van der Waals surface area contributed by atoms with Gasteiger partial charge in [0.25, 0.3) is 0 Å². The van der Waals surface area contributed by atoms with E-state index in [9.17, 15) is 9.59 Å². The summed E-state index contributed by atoms with van der Waals surface area (Å²) in [5.74, 6) is -0.457. The van der Waals surface area contributed by atoms with E-state index in [4.69, 9.17) is 5.11 Å². The van der Waals surface area contributed by atoms with Crippen molar-refractivity contribution in [1.29, 1.82) is 0 Å². The average Bonchev–Trinajstić information content (AvgIpc) is 1.86. The number of rotatable bonds is 1. The maximum atomic E-state index is 10.5. The summed E-state index contributed by atoms with van der Waals surface area (Å²) in [6.07, 6.45) is 1.71. The number of carbonyl (C=O) groups excluding carboxylic acids is 1. The van der Waals surface area contributed by atoms with Gasteiger partial charge in [0.2, 0.25) is 0 Å². The molecule has 0 rings (SSSR count). The molecule has 0 radical (unpaired) electrons. The number of esters is 1. The zero-order valence-electron chi connectivity index (χ0n) is 5.88. The summed E-state index contributed by atoms with van der Waals surface area (Å²) in [7, 11) is 0. The molecule has 0 spiro atoms. The van der Waals surface area contributed by atoms with E-state index in [2.05, 4.69) is 11.3 Å². The minimum absolute atomic E-state index is 0.171. The highest BCUT2D eigenvalue weighted by Gasteiger charge is 1.99. The van der Waals surface area contributed by atoms with Gasteiger partial charge in [-0.15, -0.1) is 0 Å². The lowest BCUT2D eigenvalue weighted by molar-refractivity contribution is -0.132. The third kappa shape index (κ3) is 4.73. The molecule has 4 heteroatoms. The first kappa shape index (κ1) is 9.24. The second-order valence-electron chi connectivity index (χ2n) is 1.70. The van der Waals surface area contributed by atoms with Gasteiger partial charge >= 0.3 is 11.9 Å². The molecule has 0 bridgehead atoms. The van der Waals surface area contributed by atoms with Gasteiger partial charge < -0.3 is 9.84 Å². The van der Waals surface area contributed by atoms with Crippen LogP contribution in [0.15, 0.2) is 12.2 Å². The topological polar surface area (TPSA) is 63.6 Å². The maximum absolute atomic E-state index is 10.5. The van der Waals surface area contributed by atoms with Crippen LogP contribution in [0.1, 0.15) is 6.92 Å². The van der Waals surface area contributed by atoms with Crippen molar-refractivity contribution in [2.75, 3.05) is 0 Å². The van der Waals surface area contributed by atoms with E-state index in [1.54, 1.807) is 12.0 Å². The zero-order valence-corrected chi connectivity index (χ0v) is 5.88. The zero-order chi connectivity index (χ0) is 8.85. The van der Waals surface area contributed by atoms with Crippen LogP contribution in [0.4, 0.5) is 0 Å². The Morgan fingerprint density at radius 3 is 2.45 bits per heavy atom. The van der Waals surface area contributed by atoms with Crippen LogP contribution in [0.2, 0.25) is 0 Å². The molecule has 0 amide bonds. The van der Waals surface area contributed by atoms with E-state index in [0.29, 0.717) is 0 Å². The molecule has 0 aromatic rings. The van der Waals surface area contributed by atoms with E-state index in [0.717, 1.165) is 0 Å². The van der Waals surface area contributed by atoms with E-state index >= 15 is 0 Å². The highest BCUT2D eigenvalue weighted by atomic mass is 16.5. The second-order valence-corrected chi connectivity index (χ2v) is 1.70. The summed E-state index contributed by atoms with van der Waals surface area (Å²) in [6, 6.07) is 0. The quantitative estimate of drug-likeness (QED) is 0.331. The molecule has 0 atom stereocenters. The van der Waals surface area contributed by atoms with Crippen LogP contribution >= 0.6 is 0 Å². The molecular formula is C7H6O4. The largest absolute Gasteiger partial charge is 0.472 e. The van der Waals surface area contributed by atoms with Crippen LogP contribution in [0, 0.1) is 12.0 Å². The van der Waals surface area contributed by atoms with Gasteiger partial charge in [-0.1, -0.05) is 6.58 Å². The van der Waals surface area contributed by atoms with Crippen LogP contribution < -0.4 is 0 Å². The number of carboxylic acids is 1. The Balaban J connectivity index is 3.93. The molecule has 0 aromatic heterocycles. The first-order chi connectivity index (χ1) is 5.04. The first-order valence-electron chi connectivity index (χ1n) is 2.64. The molecule has 1 N–H and O–H groups in total. The standard InChI is InChI=1S/C7H6O4/c1-5(2)7(10)11-4-3-6(8)9/h1H2,2H3,(H,8,9). The van der Waals surface area contributed by atoms with Crippen LogP contribution in [0.3, 0.4) is 0 Å². The molecular weight excluding hydrogens is 148 g/mol. The molecule has 0 aromatic carbocycles. The van der Waals surface area contributed by atoms with Gasteiger partial charge in [0, 0.05) is 5.57 Å². The minimum atomic E-state index is -1.35. The van der Waals surface area contributed by atoms with Crippen molar-refractivity contribution in [3.05, 3.63) is 12.2 Å². The molecule has 0 fully saturated rings. The molecule has 0 heterocycles. The van der Waals surface area contributed by atoms with Gasteiger partial charge in [-0.25, -0.2) is 9.59 Å². The van der Waals surface area contributed by atoms with Gasteiger partial charge in [0.1, 0.15) is 6.11 Å². The number of carbonyl (C=O) groups is 2. The summed E-state index contributed by atoms with van der Waals surface area (Å²) in [6.45, 7) is 4.70. The number of carboxylic acid groups (broad SMARTS) is 1. The van der Waals surface area contributed by atoms with Crippen molar-refractivity contribution in [2.24, 2.45) is 0 Å². The van der Waals surface area contributed by atoms with Crippen LogP contribution in [0.25, 0.3) is 0 Å². The Morgan fingerprint density at radius 2 is 2.09 bits per heavy atom. The Bertz CT molecular complexity index is 253. The van der Waals surface area contributed by atoms with Crippen molar-refractivity contribution < 1.29 is 19.4 Å². The number of ether oxygens (including phenoxy) is 1. The Kier molecular flexibility index (Phi) is 3.46. The summed E-state index contributed by atoms with van der Waals surface area (Å²) >= 11 is 0. The molecule has 58 valence electrons. The highest BCUT2D eigenvalue weighted by molar-refractivity contribution is 5.89. The van der Waals surface area contributed by atoms with Gasteiger partial charge in [-0.05, 0) is 6.92 Å². The summed E-state index contributed by atoms with van der Waals surface area (Å²) in [4.78, 5) is 20.3. The van der Waals surface area contributed by atoms with Gasteiger partial charge in [-0.3, -0.25) is 0 Å². The fraction of sp³-hybridized carbons (Fsp3) is 0.143. The second kappa shape index (κ2) is 4.12. The Hall–Kier alpha value is -1.76. The van der Waals surface area contributed by atoms with Crippen LogP contribution in [-0.2, 0) is 14.3 Å². The minimum Gasteiger partial charge on any atom is -0.472 e. The summed E-state index contributed by atoms with van der Waals surface area (Å²) < 4.78 is 4.13. The van der Waals surface area contributed by atoms with E-state index in [1.165, 1.54) is 6.92 Å². The number of aliphatic carboxylic acids is 1. The summed E-state index contributed by atoms with van der Waals surface area (Å²) in [5.41, 5.74) is 0.171. The smallest absolute Gasteiger partial charge is 0.385 e. The lowest BCUT2D eigenvalue weighted by atomic mass is 10.4. The van der Waals surface area contributed by atoms with Gasteiger partial charge in [0.05, 0.1) is 5.92 Å². The monoisotopic (exact) mass is 154 g/mol. The molecule has 0 aliphatic rings. The van der Waals surface area contributed by atoms with Crippen molar-refractivity contribution in [3.63, 3.8) is 0 Å². The van der Waals surface area contributed by atoms with Crippen molar-refractivity contribution in [2.45, 2.75) is 6.92 Å². The average molecular weight is 154 g/mol. The molecule has 0 aliphatic carbocycles. The maximum Gasteiger partial charge on any atom is 0.385 e. The van der Waals surface area contributed by atoms with Crippen LogP contribution in [-0.4, -0.2) is 17.0 Å². The molecule has 11 heavy (non-hydrogen) atoms. The molecule has 4 nitrogen and oxygen atoms in total. The van der Waals surface area contributed by atoms with E-state index < -0.39 is 11.9 Å². The fourth-order valence-corrected chi connectivity index (χ4v) is 0.203. The van der Waals surface area contributed by atoms with Crippen molar-refractivity contribution in [1.82, 2.24) is 0 Å². The third-order valence-electron chi connectivity index (χ3n) is 0.650. The first-order valence-corrected chi connectivity index (χ1v) is 2.64. The molecule has 0 saturated heterocycles.